The van der Waals surface area contributed by atoms with Crippen molar-refractivity contribution in [1.82, 2.24) is 14.3 Å². The molecule has 1 aliphatic carbocycles. The van der Waals surface area contributed by atoms with Gasteiger partial charge in [-0.25, -0.2) is 13.4 Å². The van der Waals surface area contributed by atoms with E-state index in [1.807, 2.05) is 0 Å². The van der Waals surface area contributed by atoms with Crippen molar-refractivity contribution in [2.45, 2.75) is 43.7 Å². The summed E-state index contributed by atoms with van der Waals surface area (Å²) in [6, 6.07) is 2.16. The molecular formula is C18H18F6N4O2S. The first kappa shape index (κ1) is 21.9. The van der Waals surface area contributed by atoms with Crippen LogP contribution in [-0.4, -0.2) is 40.8 Å². The Labute approximate surface area is 173 Å². The molecule has 1 aliphatic heterocycles. The molecule has 170 valence electrons. The van der Waals surface area contributed by atoms with Crippen molar-refractivity contribution >= 4 is 15.7 Å². The van der Waals surface area contributed by atoms with Gasteiger partial charge in [0, 0.05) is 31.0 Å². The fourth-order valence-electron chi connectivity index (χ4n) is 3.88. The minimum absolute atomic E-state index is 0.0675. The molecule has 1 aromatic carbocycles. The molecule has 0 saturated heterocycles. The van der Waals surface area contributed by atoms with Gasteiger partial charge in [0.2, 0.25) is 0 Å². The maximum atomic E-state index is 13.3. The van der Waals surface area contributed by atoms with Crippen LogP contribution in [0.1, 0.15) is 29.7 Å². The van der Waals surface area contributed by atoms with Crippen LogP contribution in [0.15, 0.2) is 30.7 Å². The van der Waals surface area contributed by atoms with E-state index < -0.39 is 46.4 Å². The fraction of sp³-hybridized carbons (Fsp3) is 0.500. The summed E-state index contributed by atoms with van der Waals surface area (Å²) in [6.07, 6.45) is -0.421. The SMILES string of the molecule is O=S(=O)(N1Cc2cc(C(F)(F)F)ccc2N(Cc2cnc[nH]2)C(C2CC2)C1)C(F)(F)F. The van der Waals surface area contributed by atoms with Crippen molar-refractivity contribution in [3.05, 3.63) is 47.5 Å². The Hall–Kier alpha value is -2.28. The zero-order chi connectivity index (χ0) is 22.6. The molecular weight excluding hydrogens is 450 g/mol. The van der Waals surface area contributed by atoms with Gasteiger partial charge in [-0.2, -0.15) is 30.6 Å². The lowest BCUT2D eigenvalue weighted by Crippen LogP contribution is -2.47. The van der Waals surface area contributed by atoms with Gasteiger partial charge in [-0.3, -0.25) is 0 Å². The Balaban J connectivity index is 1.84. The van der Waals surface area contributed by atoms with E-state index in [0.717, 1.165) is 12.1 Å². The van der Waals surface area contributed by atoms with Crippen molar-refractivity contribution in [3.63, 3.8) is 0 Å². The molecule has 0 bridgehead atoms. The van der Waals surface area contributed by atoms with E-state index in [4.69, 9.17) is 0 Å². The summed E-state index contributed by atoms with van der Waals surface area (Å²) in [4.78, 5) is 8.46. The van der Waals surface area contributed by atoms with Crippen LogP contribution in [-0.2, 0) is 29.3 Å². The topological polar surface area (TPSA) is 69.3 Å². The molecule has 1 atom stereocenters. The highest BCUT2D eigenvalue weighted by atomic mass is 32.2. The number of nitrogens with zero attached hydrogens (tertiary/aromatic N) is 3. The Kier molecular flexibility index (Phi) is 5.23. The quantitative estimate of drug-likeness (QED) is 0.692. The number of halogens is 6. The van der Waals surface area contributed by atoms with Crippen LogP contribution in [0.25, 0.3) is 0 Å². The van der Waals surface area contributed by atoms with E-state index in [2.05, 4.69) is 9.97 Å². The summed E-state index contributed by atoms with van der Waals surface area (Å²) in [7, 11) is -5.73. The molecule has 2 aliphatic rings. The first-order chi connectivity index (χ1) is 14.4. The summed E-state index contributed by atoms with van der Waals surface area (Å²) in [6.45, 7) is -1.14. The maximum absolute atomic E-state index is 13.3. The van der Waals surface area contributed by atoms with Crippen LogP contribution in [0.2, 0.25) is 0 Å². The third kappa shape index (κ3) is 4.25. The Morgan fingerprint density at radius 2 is 1.84 bits per heavy atom. The molecule has 4 rings (SSSR count). The van der Waals surface area contributed by atoms with Crippen LogP contribution < -0.4 is 4.90 Å². The average Bonchev–Trinajstić information content (AvgIpc) is 3.39. The first-order valence-electron chi connectivity index (χ1n) is 9.38. The van der Waals surface area contributed by atoms with Crippen LogP contribution >= 0.6 is 0 Å². The van der Waals surface area contributed by atoms with E-state index in [9.17, 15) is 34.8 Å². The van der Waals surface area contributed by atoms with Crippen LogP contribution in [0.3, 0.4) is 0 Å². The Morgan fingerprint density at radius 3 is 2.39 bits per heavy atom. The minimum atomic E-state index is -5.73. The predicted octanol–water partition coefficient (Wildman–Crippen LogP) is 3.88. The van der Waals surface area contributed by atoms with E-state index in [1.165, 1.54) is 18.6 Å². The fourth-order valence-corrected chi connectivity index (χ4v) is 4.83. The van der Waals surface area contributed by atoms with Gasteiger partial charge in [0.25, 0.3) is 0 Å². The van der Waals surface area contributed by atoms with Gasteiger partial charge >= 0.3 is 21.7 Å². The number of alkyl halides is 6. The van der Waals surface area contributed by atoms with Crippen molar-refractivity contribution in [1.29, 1.82) is 0 Å². The number of rotatable bonds is 4. The van der Waals surface area contributed by atoms with Gasteiger partial charge in [-0.1, -0.05) is 0 Å². The first-order valence-corrected chi connectivity index (χ1v) is 10.8. The second-order valence-corrected chi connectivity index (χ2v) is 9.62. The highest BCUT2D eigenvalue weighted by molar-refractivity contribution is 7.89. The summed E-state index contributed by atoms with van der Waals surface area (Å²) >= 11 is 0. The second kappa shape index (κ2) is 7.40. The van der Waals surface area contributed by atoms with Gasteiger partial charge < -0.3 is 9.88 Å². The zero-order valence-corrected chi connectivity index (χ0v) is 16.7. The van der Waals surface area contributed by atoms with Gasteiger partial charge in [-0.05, 0) is 42.5 Å². The van der Waals surface area contributed by atoms with Crippen molar-refractivity contribution in [2.24, 2.45) is 5.92 Å². The zero-order valence-electron chi connectivity index (χ0n) is 15.9. The van der Waals surface area contributed by atoms with Crippen LogP contribution in [0.4, 0.5) is 32.0 Å². The number of benzene rings is 1. The van der Waals surface area contributed by atoms with Crippen LogP contribution in [0, 0.1) is 5.92 Å². The number of sulfonamides is 1. The molecule has 2 heterocycles. The Bertz CT molecular complexity index is 1050. The van der Waals surface area contributed by atoms with Crippen molar-refractivity contribution in [2.75, 3.05) is 11.4 Å². The second-order valence-electron chi connectivity index (χ2n) is 7.69. The molecule has 0 radical (unpaired) electrons. The molecule has 1 N–H and O–H groups in total. The van der Waals surface area contributed by atoms with Gasteiger partial charge in [0.1, 0.15) is 0 Å². The molecule has 0 amide bonds. The van der Waals surface area contributed by atoms with E-state index in [0.29, 0.717) is 18.5 Å². The van der Waals surface area contributed by atoms with E-state index >= 15 is 0 Å². The number of aromatic nitrogens is 2. The number of hydrogen-bond donors (Lipinski definition) is 1. The standard InChI is InChI=1S/C18H18F6N4O2S/c19-17(20,21)13-3-4-15-12(5-13)7-27(31(29,30)18(22,23)24)9-16(11-1-2-11)28(15)8-14-6-25-10-26-14/h3-6,10-11,16H,1-2,7-9H2,(H,25,26). The number of imidazole rings is 1. The molecule has 1 fully saturated rings. The highest BCUT2D eigenvalue weighted by Gasteiger charge is 2.52. The third-order valence-corrected chi connectivity index (χ3v) is 7.09. The number of nitrogens with one attached hydrogen (secondary N) is 1. The van der Waals surface area contributed by atoms with Crippen molar-refractivity contribution in [3.8, 4) is 0 Å². The summed E-state index contributed by atoms with van der Waals surface area (Å²) in [5, 5.41) is 0. The normalized spacial score (nSPS) is 21.1. The Morgan fingerprint density at radius 1 is 1.13 bits per heavy atom. The lowest BCUT2D eigenvalue weighted by Gasteiger charge is -2.34. The molecule has 6 nitrogen and oxygen atoms in total. The molecule has 2 aromatic rings. The lowest BCUT2D eigenvalue weighted by atomic mass is 10.0. The average molecular weight is 468 g/mol. The summed E-state index contributed by atoms with van der Waals surface area (Å²) in [5.41, 5.74) is -5.86. The van der Waals surface area contributed by atoms with Gasteiger partial charge in [0.15, 0.2) is 0 Å². The third-order valence-electron chi connectivity index (χ3n) is 5.55. The van der Waals surface area contributed by atoms with E-state index in [-0.39, 0.29) is 28.0 Å². The monoisotopic (exact) mass is 468 g/mol. The number of fused-ring (bicyclic) bond motifs is 1. The lowest BCUT2D eigenvalue weighted by molar-refractivity contribution is -0.137. The number of aromatic amines is 1. The summed E-state index contributed by atoms with van der Waals surface area (Å²) in [5.74, 6) is -0.0675. The number of anilines is 1. The van der Waals surface area contributed by atoms with Crippen LogP contribution in [0.5, 0.6) is 0 Å². The number of hydrogen-bond acceptors (Lipinski definition) is 4. The van der Waals surface area contributed by atoms with Gasteiger partial charge in [-0.15, -0.1) is 0 Å². The van der Waals surface area contributed by atoms with E-state index in [1.54, 1.807) is 4.90 Å². The molecule has 31 heavy (non-hydrogen) atoms. The summed E-state index contributed by atoms with van der Waals surface area (Å²) < 4.78 is 104. The minimum Gasteiger partial charge on any atom is -0.361 e. The number of H-pyrrole nitrogens is 1. The molecule has 1 unspecified atom stereocenters. The smallest absolute Gasteiger partial charge is 0.361 e. The maximum Gasteiger partial charge on any atom is 0.511 e. The largest absolute Gasteiger partial charge is 0.511 e. The van der Waals surface area contributed by atoms with Crippen molar-refractivity contribution < 1.29 is 34.8 Å². The molecule has 0 spiro atoms. The van der Waals surface area contributed by atoms with Gasteiger partial charge in [0.05, 0.1) is 24.1 Å². The highest BCUT2D eigenvalue weighted by Crippen LogP contribution is 2.44. The molecule has 13 heteroatoms. The molecule has 1 aromatic heterocycles. The predicted molar refractivity (Wildman–Crippen MR) is 98.1 cm³/mol. The molecule has 1 saturated carbocycles.